The van der Waals surface area contributed by atoms with E-state index in [2.05, 4.69) is 29.2 Å². The molecule has 3 nitrogen and oxygen atoms in total. The minimum atomic E-state index is -0.638. The number of aliphatic hydroxyl groups is 1. The molecule has 2 rings (SSSR count). The Kier molecular flexibility index (Phi) is 3.69. The maximum atomic E-state index is 9.76. The lowest BCUT2D eigenvalue weighted by Gasteiger charge is -2.29. The predicted molar refractivity (Wildman–Crippen MR) is 69.5 cm³/mol. The SMILES string of the molecule is CC(C)(O)Cc1ccc(N2CCOCC2)cc1. The molecule has 1 aliphatic rings. The highest BCUT2D eigenvalue weighted by atomic mass is 16.5. The normalized spacial score (nSPS) is 17.2. The van der Waals surface area contributed by atoms with E-state index < -0.39 is 5.60 Å². The number of anilines is 1. The predicted octanol–water partition coefficient (Wildman–Crippen LogP) is 1.84. The average molecular weight is 235 g/mol. The number of hydrogen-bond acceptors (Lipinski definition) is 3. The van der Waals surface area contributed by atoms with Crippen LogP contribution in [0.25, 0.3) is 0 Å². The average Bonchev–Trinajstić information content (AvgIpc) is 2.29. The van der Waals surface area contributed by atoms with Crippen molar-refractivity contribution in [3.05, 3.63) is 29.8 Å². The molecule has 0 saturated carbocycles. The molecule has 1 heterocycles. The zero-order chi connectivity index (χ0) is 12.3. The highest BCUT2D eigenvalue weighted by molar-refractivity contribution is 5.48. The van der Waals surface area contributed by atoms with Crippen LogP contribution in [0, 0.1) is 0 Å². The summed E-state index contributed by atoms with van der Waals surface area (Å²) < 4.78 is 5.34. The van der Waals surface area contributed by atoms with Crippen LogP contribution in [0.3, 0.4) is 0 Å². The molecule has 0 spiro atoms. The monoisotopic (exact) mass is 235 g/mol. The molecular weight excluding hydrogens is 214 g/mol. The van der Waals surface area contributed by atoms with Crippen LogP contribution in [0.15, 0.2) is 24.3 Å². The summed E-state index contributed by atoms with van der Waals surface area (Å²) >= 11 is 0. The Bertz CT molecular complexity index is 347. The number of ether oxygens (including phenoxy) is 1. The Morgan fingerprint density at radius 2 is 1.76 bits per heavy atom. The Hall–Kier alpha value is -1.06. The summed E-state index contributed by atoms with van der Waals surface area (Å²) in [5.41, 5.74) is 1.78. The lowest BCUT2D eigenvalue weighted by Crippen LogP contribution is -2.36. The molecule has 17 heavy (non-hydrogen) atoms. The van der Waals surface area contributed by atoms with Crippen LogP contribution in [0.4, 0.5) is 5.69 Å². The van der Waals surface area contributed by atoms with Gasteiger partial charge in [0.05, 0.1) is 18.8 Å². The van der Waals surface area contributed by atoms with Crippen LogP contribution in [-0.4, -0.2) is 37.0 Å². The van der Waals surface area contributed by atoms with Gasteiger partial charge in [-0.1, -0.05) is 12.1 Å². The largest absolute Gasteiger partial charge is 0.390 e. The van der Waals surface area contributed by atoms with Crippen molar-refractivity contribution >= 4 is 5.69 Å². The highest BCUT2D eigenvalue weighted by Gasteiger charge is 2.14. The standard InChI is InChI=1S/C14H21NO2/c1-14(2,16)11-12-3-5-13(6-4-12)15-7-9-17-10-8-15/h3-6,16H,7-11H2,1-2H3. The van der Waals surface area contributed by atoms with Crippen LogP contribution >= 0.6 is 0 Å². The molecular formula is C14H21NO2. The number of nitrogens with zero attached hydrogens (tertiary/aromatic N) is 1. The van der Waals surface area contributed by atoms with Gasteiger partial charge in [0.2, 0.25) is 0 Å². The van der Waals surface area contributed by atoms with Gasteiger partial charge in [0, 0.05) is 25.2 Å². The van der Waals surface area contributed by atoms with E-state index >= 15 is 0 Å². The summed E-state index contributed by atoms with van der Waals surface area (Å²) in [7, 11) is 0. The second-order valence-corrected chi connectivity index (χ2v) is 5.26. The van der Waals surface area contributed by atoms with Crippen molar-refractivity contribution in [2.24, 2.45) is 0 Å². The fraction of sp³-hybridized carbons (Fsp3) is 0.571. The van der Waals surface area contributed by atoms with E-state index in [0.717, 1.165) is 26.3 Å². The Morgan fingerprint density at radius 3 is 2.29 bits per heavy atom. The number of benzene rings is 1. The zero-order valence-corrected chi connectivity index (χ0v) is 10.6. The molecule has 1 aromatic rings. The molecule has 0 aliphatic carbocycles. The second kappa shape index (κ2) is 5.07. The van der Waals surface area contributed by atoms with E-state index in [1.165, 1.54) is 11.3 Å². The van der Waals surface area contributed by atoms with Gasteiger partial charge in [-0.05, 0) is 31.5 Å². The van der Waals surface area contributed by atoms with Crippen LogP contribution in [0.5, 0.6) is 0 Å². The minimum Gasteiger partial charge on any atom is -0.390 e. The Labute approximate surface area is 103 Å². The molecule has 3 heteroatoms. The summed E-state index contributed by atoms with van der Waals surface area (Å²) in [6, 6.07) is 8.46. The third kappa shape index (κ3) is 3.72. The molecule has 1 aliphatic heterocycles. The van der Waals surface area contributed by atoms with Crippen molar-refractivity contribution in [3.8, 4) is 0 Å². The summed E-state index contributed by atoms with van der Waals surface area (Å²) in [5, 5.41) is 9.76. The van der Waals surface area contributed by atoms with Gasteiger partial charge in [-0.2, -0.15) is 0 Å². The van der Waals surface area contributed by atoms with E-state index in [0.29, 0.717) is 6.42 Å². The maximum absolute atomic E-state index is 9.76. The van der Waals surface area contributed by atoms with Gasteiger partial charge in [-0.3, -0.25) is 0 Å². The topological polar surface area (TPSA) is 32.7 Å². The lowest BCUT2D eigenvalue weighted by molar-refractivity contribution is 0.0810. The molecule has 1 aromatic carbocycles. The number of rotatable bonds is 3. The van der Waals surface area contributed by atoms with E-state index in [9.17, 15) is 5.11 Å². The van der Waals surface area contributed by atoms with Crippen molar-refractivity contribution in [1.82, 2.24) is 0 Å². The smallest absolute Gasteiger partial charge is 0.0642 e. The van der Waals surface area contributed by atoms with Crippen LogP contribution < -0.4 is 4.90 Å². The van der Waals surface area contributed by atoms with Crippen molar-refractivity contribution < 1.29 is 9.84 Å². The first kappa shape index (κ1) is 12.4. The molecule has 1 N–H and O–H groups in total. The number of hydrogen-bond donors (Lipinski definition) is 1. The first-order valence-corrected chi connectivity index (χ1v) is 6.19. The summed E-state index contributed by atoms with van der Waals surface area (Å²) in [4.78, 5) is 2.33. The molecule has 0 amide bonds. The van der Waals surface area contributed by atoms with Gasteiger partial charge in [0.15, 0.2) is 0 Å². The van der Waals surface area contributed by atoms with Gasteiger partial charge in [0.25, 0.3) is 0 Å². The van der Waals surface area contributed by atoms with E-state index in [-0.39, 0.29) is 0 Å². The maximum Gasteiger partial charge on any atom is 0.0642 e. The fourth-order valence-electron chi connectivity index (χ4n) is 2.15. The van der Waals surface area contributed by atoms with Crippen molar-refractivity contribution in [1.29, 1.82) is 0 Å². The first-order valence-electron chi connectivity index (χ1n) is 6.19. The molecule has 1 saturated heterocycles. The Balaban J connectivity index is 2.02. The molecule has 94 valence electrons. The van der Waals surface area contributed by atoms with Gasteiger partial charge in [-0.25, -0.2) is 0 Å². The van der Waals surface area contributed by atoms with Gasteiger partial charge in [-0.15, -0.1) is 0 Å². The van der Waals surface area contributed by atoms with Gasteiger partial charge in [0.1, 0.15) is 0 Å². The van der Waals surface area contributed by atoms with Crippen LogP contribution in [0.2, 0.25) is 0 Å². The molecule has 0 radical (unpaired) electrons. The third-order valence-corrected chi connectivity index (χ3v) is 2.95. The highest BCUT2D eigenvalue weighted by Crippen LogP contribution is 2.19. The minimum absolute atomic E-state index is 0.638. The Morgan fingerprint density at radius 1 is 1.18 bits per heavy atom. The van der Waals surface area contributed by atoms with Crippen molar-refractivity contribution in [3.63, 3.8) is 0 Å². The molecule has 0 bridgehead atoms. The van der Waals surface area contributed by atoms with Crippen molar-refractivity contribution in [2.45, 2.75) is 25.9 Å². The molecule has 0 aromatic heterocycles. The summed E-state index contributed by atoms with van der Waals surface area (Å²) in [5.74, 6) is 0. The lowest BCUT2D eigenvalue weighted by atomic mass is 9.98. The second-order valence-electron chi connectivity index (χ2n) is 5.26. The number of morpholine rings is 1. The zero-order valence-electron chi connectivity index (χ0n) is 10.6. The van der Waals surface area contributed by atoms with Crippen LogP contribution in [0.1, 0.15) is 19.4 Å². The summed E-state index contributed by atoms with van der Waals surface area (Å²) in [6.07, 6.45) is 0.691. The molecule has 1 fully saturated rings. The van der Waals surface area contributed by atoms with E-state index in [4.69, 9.17) is 4.74 Å². The first-order chi connectivity index (χ1) is 8.04. The van der Waals surface area contributed by atoms with Crippen LogP contribution in [-0.2, 0) is 11.2 Å². The summed E-state index contributed by atoms with van der Waals surface area (Å²) in [6.45, 7) is 7.22. The van der Waals surface area contributed by atoms with Gasteiger partial charge >= 0.3 is 0 Å². The third-order valence-electron chi connectivity index (χ3n) is 2.95. The van der Waals surface area contributed by atoms with Crippen molar-refractivity contribution in [2.75, 3.05) is 31.2 Å². The van der Waals surface area contributed by atoms with Gasteiger partial charge < -0.3 is 14.7 Å². The van der Waals surface area contributed by atoms with E-state index in [1.807, 2.05) is 13.8 Å². The van der Waals surface area contributed by atoms with E-state index in [1.54, 1.807) is 0 Å². The quantitative estimate of drug-likeness (QED) is 0.867. The fourth-order valence-corrected chi connectivity index (χ4v) is 2.15. The molecule has 0 atom stereocenters. The molecule has 0 unspecified atom stereocenters.